The highest BCUT2D eigenvalue weighted by atomic mass is 16.2. The molecule has 2 rings (SSSR count). The molecule has 1 heterocycles. The molecule has 2 aliphatic rings. The molecule has 0 bridgehead atoms. The number of amides is 2. The molecule has 0 spiro atoms. The number of allylic oxidation sites excluding steroid dienone is 1. The minimum atomic E-state index is -0.308. The summed E-state index contributed by atoms with van der Waals surface area (Å²) in [5.74, 6) is 0.112. The quantitative estimate of drug-likeness (QED) is 0.772. The van der Waals surface area contributed by atoms with Crippen LogP contribution in [-0.2, 0) is 9.59 Å². The molecule has 1 N–H and O–H groups in total. The Kier molecular flexibility index (Phi) is 5.00. The van der Waals surface area contributed by atoms with Crippen molar-refractivity contribution in [3.63, 3.8) is 0 Å². The third-order valence-corrected chi connectivity index (χ3v) is 3.97. The summed E-state index contributed by atoms with van der Waals surface area (Å²) in [6.45, 7) is 3.37. The molecule has 1 atom stereocenters. The highest BCUT2D eigenvalue weighted by molar-refractivity contribution is 5.89. The van der Waals surface area contributed by atoms with Gasteiger partial charge in [-0.2, -0.15) is 0 Å². The lowest BCUT2D eigenvalue weighted by atomic mass is 10.1. The normalized spacial score (nSPS) is 24.2. The van der Waals surface area contributed by atoms with Crippen molar-refractivity contribution >= 4 is 11.8 Å². The van der Waals surface area contributed by atoms with Gasteiger partial charge in [0, 0.05) is 19.5 Å². The van der Waals surface area contributed by atoms with Crippen molar-refractivity contribution < 1.29 is 9.59 Å². The van der Waals surface area contributed by atoms with Gasteiger partial charge in [0.15, 0.2) is 0 Å². The maximum atomic E-state index is 12.4. The Morgan fingerprint density at radius 3 is 2.89 bits per heavy atom. The Hall–Kier alpha value is -1.32. The van der Waals surface area contributed by atoms with Crippen molar-refractivity contribution in [1.29, 1.82) is 0 Å². The topological polar surface area (TPSA) is 49.4 Å². The van der Waals surface area contributed by atoms with E-state index in [0.29, 0.717) is 13.0 Å². The first-order valence-corrected chi connectivity index (χ1v) is 7.46. The first kappa shape index (κ1) is 14.1. The van der Waals surface area contributed by atoms with Gasteiger partial charge < -0.3 is 10.2 Å². The van der Waals surface area contributed by atoms with E-state index in [2.05, 4.69) is 11.4 Å². The van der Waals surface area contributed by atoms with E-state index in [4.69, 9.17) is 0 Å². The molecule has 0 aromatic heterocycles. The molecule has 0 radical (unpaired) electrons. The van der Waals surface area contributed by atoms with Crippen LogP contribution in [0.2, 0.25) is 0 Å². The number of hydrogen-bond acceptors (Lipinski definition) is 2. The fourth-order valence-corrected chi connectivity index (χ4v) is 2.84. The molecule has 0 saturated carbocycles. The van der Waals surface area contributed by atoms with Crippen LogP contribution in [0.3, 0.4) is 0 Å². The molecular weight excluding hydrogens is 240 g/mol. The van der Waals surface area contributed by atoms with E-state index in [1.54, 1.807) is 0 Å². The van der Waals surface area contributed by atoms with Gasteiger partial charge in [-0.1, -0.05) is 25.0 Å². The Morgan fingerprint density at radius 1 is 1.37 bits per heavy atom. The van der Waals surface area contributed by atoms with Gasteiger partial charge in [0.25, 0.3) is 0 Å². The summed E-state index contributed by atoms with van der Waals surface area (Å²) >= 11 is 0. The second-order valence-electron chi connectivity index (χ2n) is 5.49. The van der Waals surface area contributed by atoms with Crippen LogP contribution in [0.5, 0.6) is 0 Å². The van der Waals surface area contributed by atoms with Crippen LogP contribution in [-0.4, -0.2) is 35.8 Å². The number of nitrogens with zero attached hydrogens (tertiary/aromatic N) is 1. The molecule has 2 amide bonds. The Morgan fingerprint density at radius 2 is 2.21 bits per heavy atom. The third-order valence-electron chi connectivity index (χ3n) is 3.97. The van der Waals surface area contributed by atoms with Crippen LogP contribution in [0.1, 0.15) is 51.9 Å². The average Bonchev–Trinajstić information content (AvgIpc) is 2.86. The number of rotatable bonds is 5. The Bertz CT molecular complexity index is 376. The van der Waals surface area contributed by atoms with Gasteiger partial charge in [-0.15, -0.1) is 0 Å². The number of nitrogens with one attached hydrogen (secondary N) is 1. The number of carbonyl (C=O) groups is 2. The molecule has 1 saturated heterocycles. The summed E-state index contributed by atoms with van der Waals surface area (Å²) in [6, 6.07) is -0.308. The second-order valence-corrected chi connectivity index (χ2v) is 5.49. The second kappa shape index (κ2) is 6.73. The van der Waals surface area contributed by atoms with E-state index in [0.717, 1.165) is 25.8 Å². The smallest absolute Gasteiger partial charge is 0.245 e. The van der Waals surface area contributed by atoms with Gasteiger partial charge in [-0.05, 0) is 32.1 Å². The lowest BCUT2D eigenvalue weighted by Crippen LogP contribution is -2.44. The van der Waals surface area contributed by atoms with Crippen LogP contribution in [0, 0.1) is 0 Å². The predicted octanol–water partition coefficient (Wildman–Crippen LogP) is 2.00. The summed E-state index contributed by atoms with van der Waals surface area (Å²) in [7, 11) is 0. The highest BCUT2D eigenvalue weighted by Gasteiger charge is 2.28. The summed E-state index contributed by atoms with van der Waals surface area (Å²) in [5, 5.41) is 2.84. The highest BCUT2D eigenvalue weighted by Crippen LogP contribution is 2.21. The van der Waals surface area contributed by atoms with Crippen molar-refractivity contribution in [2.45, 2.75) is 57.9 Å². The molecule has 4 nitrogen and oxygen atoms in total. The van der Waals surface area contributed by atoms with Crippen molar-refractivity contribution in [2.75, 3.05) is 13.1 Å². The van der Waals surface area contributed by atoms with Crippen molar-refractivity contribution in [3.8, 4) is 0 Å². The maximum Gasteiger partial charge on any atom is 0.245 e. The summed E-state index contributed by atoms with van der Waals surface area (Å²) < 4.78 is 0. The van der Waals surface area contributed by atoms with Gasteiger partial charge in [-0.3, -0.25) is 9.59 Å². The van der Waals surface area contributed by atoms with Gasteiger partial charge in [-0.25, -0.2) is 0 Å². The fourth-order valence-electron chi connectivity index (χ4n) is 2.84. The van der Waals surface area contributed by atoms with E-state index in [9.17, 15) is 9.59 Å². The lowest BCUT2D eigenvalue weighted by molar-refractivity contribution is -0.133. The number of hydrogen-bond donors (Lipinski definition) is 1. The van der Waals surface area contributed by atoms with Crippen molar-refractivity contribution in [1.82, 2.24) is 10.2 Å². The zero-order valence-corrected chi connectivity index (χ0v) is 11.8. The molecule has 0 aromatic carbocycles. The minimum absolute atomic E-state index is 0.00869. The summed E-state index contributed by atoms with van der Waals surface area (Å²) in [5.41, 5.74) is 1.48. The van der Waals surface area contributed by atoms with Crippen LogP contribution in [0.25, 0.3) is 0 Å². The summed E-state index contributed by atoms with van der Waals surface area (Å²) in [6.07, 6.45) is 8.97. The van der Waals surface area contributed by atoms with E-state index in [1.807, 2.05) is 11.8 Å². The molecule has 1 aliphatic carbocycles. The van der Waals surface area contributed by atoms with Crippen molar-refractivity contribution in [2.24, 2.45) is 0 Å². The number of carbonyl (C=O) groups excluding carboxylic acids is 2. The molecule has 1 aliphatic heterocycles. The lowest BCUT2D eigenvalue weighted by Gasteiger charge is -2.24. The average molecular weight is 264 g/mol. The largest absolute Gasteiger partial charge is 0.344 e. The van der Waals surface area contributed by atoms with Crippen LogP contribution in [0.4, 0.5) is 0 Å². The molecule has 1 fully saturated rings. The SMILES string of the molecule is CCCC1NC(=O)CCN(CCC2=CCCC2)C1=O. The van der Waals surface area contributed by atoms with Crippen LogP contribution in [0.15, 0.2) is 11.6 Å². The van der Waals surface area contributed by atoms with Gasteiger partial charge in [0.1, 0.15) is 6.04 Å². The molecule has 4 heteroatoms. The first-order valence-electron chi connectivity index (χ1n) is 7.46. The molecule has 0 aromatic rings. The van der Waals surface area contributed by atoms with E-state index in [-0.39, 0.29) is 17.9 Å². The van der Waals surface area contributed by atoms with Crippen LogP contribution >= 0.6 is 0 Å². The standard InChI is InChI=1S/C15H24N2O2/c1-2-5-13-15(19)17(11-9-14(18)16-13)10-8-12-6-3-4-7-12/h6,13H,2-5,7-11H2,1H3,(H,16,18). The Labute approximate surface area is 115 Å². The zero-order valence-electron chi connectivity index (χ0n) is 11.8. The predicted molar refractivity (Wildman–Crippen MR) is 74.6 cm³/mol. The maximum absolute atomic E-state index is 12.4. The van der Waals surface area contributed by atoms with Crippen LogP contribution < -0.4 is 5.32 Å². The fraction of sp³-hybridized carbons (Fsp3) is 0.733. The van der Waals surface area contributed by atoms with E-state index in [1.165, 1.54) is 24.8 Å². The van der Waals surface area contributed by atoms with Gasteiger partial charge in [0.2, 0.25) is 11.8 Å². The molecule has 1 unspecified atom stereocenters. The van der Waals surface area contributed by atoms with Gasteiger partial charge >= 0.3 is 0 Å². The summed E-state index contributed by atoms with van der Waals surface area (Å²) in [4.78, 5) is 25.9. The first-order chi connectivity index (χ1) is 9.20. The molecule has 19 heavy (non-hydrogen) atoms. The molecular formula is C15H24N2O2. The van der Waals surface area contributed by atoms with Crippen molar-refractivity contribution in [3.05, 3.63) is 11.6 Å². The monoisotopic (exact) mass is 264 g/mol. The van der Waals surface area contributed by atoms with E-state index >= 15 is 0 Å². The Balaban J connectivity index is 1.93. The van der Waals surface area contributed by atoms with Gasteiger partial charge in [0.05, 0.1) is 0 Å². The minimum Gasteiger partial charge on any atom is -0.344 e. The third kappa shape index (κ3) is 3.82. The zero-order chi connectivity index (χ0) is 13.7. The molecule has 106 valence electrons. The van der Waals surface area contributed by atoms with E-state index < -0.39 is 0 Å².